The van der Waals surface area contributed by atoms with Crippen LogP contribution in [0.5, 0.6) is 0 Å². The zero-order valence-corrected chi connectivity index (χ0v) is 9.19. The van der Waals surface area contributed by atoms with Gasteiger partial charge in [-0.2, -0.15) is 0 Å². The molecule has 6 heteroatoms. The zero-order chi connectivity index (χ0) is 12.1. The van der Waals surface area contributed by atoms with Crippen LogP contribution in [0.4, 0.5) is 0 Å². The zero-order valence-electron chi connectivity index (χ0n) is 9.19. The number of nitrogens with zero attached hydrogens (tertiary/aromatic N) is 1. The van der Waals surface area contributed by atoms with Gasteiger partial charge in [0.05, 0.1) is 6.20 Å². The highest BCUT2D eigenvalue weighted by atomic mass is 16.5. The second-order valence-corrected chi connectivity index (χ2v) is 3.45. The van der Waals surface area contributed by atoms with E-state index in [-0.39, 0.29) is 5.56 Å². The molecule has 1 atom stereocenters. The Morgan fingerprint density at radius 3 is 2.75 bits per heavy atom. The molecule has 0 saturated carbocycles. The molecule has 88 valence electrons. The quantitative estimate of drug-likeness (QED) is 0.780. The van der Waals surface area contributed by atoms with E-state index in [4.69, 9.17) is 9.63 Å². The molecule has 0 saturated heterocycles. The fourth-order valence-electron chi connectivity index (χ4n) is 1.30. The summed E-state index contributed by atoms with van der Waals surface area (Å²) in [4.78, 5) is 22.5. The van der Waals surface area contributed by atoms with Gasteiger partial charge in [0.15, 0.2) is 0 Å². The largest absolute Gasteiger partial charge is 0.480 e. The van der Waals surface area contributed by atoms with Gasteiger partial charge in [0.2, 0.25) is 0 Å². The van der Waals surface area contributed by atoms with E-state index in [9.17, 15) is 9.59 Å². The molecular formula is C10H14N2O4. The average molecular weight is 226 g/mol. The minimum Gasteiger partial charge on any atom is -0.480 e. The standard InChI is InChI=1S/C10H14N2O4/c1-3-4-8(10(14)15)12-9(13)7-5-11-16-6(7)2/h5,8H,3-4H2,1-2H3,(H,12,13)(H,14,15)/t8-/m1/s1. The van der Waals surface area contributed by atoms with Crippen molar-refractivity contribution in [2.24, 2.45) is 0 Å². The SMILES string of the molecule is CCC[C@@H](NC(=O)c1cnoc1C)C(=O)O. The highest BCUT2D eigenvalue weighted by Crippen LogP contribution is 2.07. The van der Waals surface area contributed by atoms with Crippen LogP contribution in [-0.4, -0.2) is 28.2 Å². The molecule has 0 aromatic carbocycles. The molecule has 0 radical (unpaired) electrons. The number of nitrogens with one attached hydrogen (secondary N) is 1. The first-order chi connectivity index (χ1) is 7.56. The van der Waals surface area contributed by atoms with Crippen LogP contribution in [0, 0.1) is 6.92 Å². The summed E-state index contributed by atoms with van der Waals surface area (Å²) in [5, 5.41) is 14.7. The Morgan fingerprint density at radius 1 is 1.62 bits per heavy atom. The lowest BCUT2D eigenvalue weighted by atomic mass is 10.1. The van der Waals surface area contributed by atoms with Crippen LogP contribution in [0.1, 0.15) is 35.9 Å². The van der Waals surface area contributed by atoms with Crippen molar-refractivity contribution in [2.75, 3.05) is 0 Å². The summed E-state index contributed by atoms with van der Waals surface area (Å²) in [6.07, 6.45) is 2.35. The fourth-order valence-corrected chi connectivity index (χ4v) is 1.30. The second-order valence-electron chi connectivity index (χ2n) is 3.45. The van der Waals surface area contributed by atoms with Crippen LogP contribution in [0.25, 0.3) is 0 Å². The Kier molecular flexibility index (Phi) is 4.04. The van der Waals surface area contributed by atoms with Gasteiger partial charge in [-0.05, 0) is 13.3 Å². The number of aromatic nitrogens is 1. The Hall–Kier alpha value is -1.85. The van der Waals surface area contributed by atoms with Gasteiger partial charge in [-0.1, -0.05) is 18.5 Å². The topological polar surface area (TPSA) is 92.4 Å². The lowest BCUT2D eigenvalue weighted by molar-refractivity contribution is -0.139. The van der Waals surface area contributed by atoms with Crippen molar-refractivity contribution < 1.29 is 19.2 Å². The van der Waals surface area contributed by atoms with Gasteiger partial charge in [-0.15, -0.1) is 0 Å². The van der Waals surface area contributed by atoms with Crippen molar-refractivity contribution in [3.8, 4) is 0 Å². The smallest absolute Gasteiger partial charge is 0.326 e. The molecule has 1 amide bonds. The number of carbonyl (C=O) groups is 2. The van der Waals surface area contributed by atoms with E-state index in [1.165, 1.54) is 6.20 Å². The Morgan fingerprint density at radius 2 is 2.31 bits per heavy atom. The number of rotatable bonds is 5. The Bertz CT molecular complexity index is 386. The van der Waals surface area contributed by atoms with E-state index in [1.807, 2.05) is 6.92 Å². The number of aryl methyl sites for hydroxylation is 1. The number of hydrogen-bond acceptors (Lipinski definition) is 4. The van der Waals surface area contributed by atoms with E-state index in [0.717, 1.165) is 0 Å². The maximum atomic E-state index is 11.6. The van der Waals surface area contributed by atoms with E-state index < -0.39 is 17.9 Å². The third kappa shape index (κ3) is 2.82. The van der Waals surface area contributed by atoms with Crippen molar-refractivity contribution in [1.82, 2.24) is 10.5 Å². The van der Waals surface area contributed by atoms with Gasteiger partial charge in [-0.3, -0.25) is 4.79 Å². The minimum absolute atomic E-state index is 0.266. The van der Waals surface area contributed by atoms with Gasteiger partial charge in [0.25, 0.3) is 5.91 Å². The highest BCUT2D eigenvalue weighted by molar-refractivity contribution is 5.97. The summed E-state index contributed by atoms with van der Waals surface area (Å²) in [6.45, 7) is 3.45. The lowest BCUT2D eigenvalue weighted by Crippen LogP contribution is -2.40. The summed E-state index contributed by atoms with van der Waals surface area (Å²) < 4.78 is 4.73. The third-order valence-corrected chi connectivity index (χ3v) is 2.18. The van der Waals surface area contributed by atoms with Gasteiger partial charge in [0.1, 0.15) is 17.4 Å². The molecule has 1 heterocycles. The molecule has 6 nitrogen and oxygen atoms in total. The van der Waals surface area contributed by atoms with E-state index in [2.05, 4.69) is 10.5 Å². The molecule has 1 rings (SSSR count). The van der Waals surface area contributed by atoms with Crippen molar-refractivity contribution in [3.63, 3.8) is 0 Å². The highest BCUT2D eigenvalue weighted by Gasteiger charge is 2.21. The first kappa shape index (κ1) is 12.2. The number of carboxylic acids is 1. The molecule has 1 aromatic rings. The molecule has 0 bridgehead atoms. The predicted molar refractivity (Wildman–Crippen MR) is 55.0 cm³/mol. The summed E-state index contributed by atoms with van der Waals surface area (Å²) in [5.41, 5.74) is 0.266. The summed E-state index contributed by atoms with van der Waals surface area (Å²) >= 11 is 0. The number of carbonyl (C=O) groups excluding carboxylic acids is 1. The Balaban J connectivity index is 2.69. The van der Waals surface area contributed by atoms with Crippen LogP contribution in [-0.2, 0) is 4.79 Å². The average Bonchev–Trinajstić information content (AvgIpc) is 2.63. The van der Waals surface area contributed by atoms with Crippen molar-refractivity contribution >= 4 is 11.9 Å². The van der Waals surface area contributed by atoms with Gasteiger partial charge < -0.3 is 14.9 Å². The molecule has 16 heavy (non-hydrogen) atoms. The predicted octanol–water partition coefficient (Wildman–Crippen LogP) is 0.966. The molecular weight excluding hydrogens is 212 g/mol. The van der Waals surface area contributed by atoms with Crippen LogP contribution in [0.3, 0.4) is 0 Å². The monoisotopic (exact) mass is 226 g/mol. The molecule has 1 aromatic heterocycles. The minimum atomic E-state index is -1.04. The van der Waals surface area contributed by atoms with Crippen LogP contribution < -0.4 is 5.32 Å². The number of aliphatic carboxylic acids is 1. The lowest BCUT2D eigenvalue weighted by Gasteiger charge is -2.12. The fraction of sp³-hybridized carbons (Fsp3) is 0.500. The maximum absolute atomic E-state index is 11.6. The van der Waals surface area contributed by atoms with Gasteiger partial charge in [0, 0.05) is 0 Å². The molecule has 0 unspecified atom stereocenters. The molecule has 0 aliphatic rings. The van der Waals surface area contributed by atoms with Gasteiger partial charge in [-0.25, -0.2) is 4.79 Å². The maximum Gasteiger partial charge on any atom is 0.326 e. The third-order valence-electron chi connectivity index (χ3n) is 2.18. The van der Waals surface area contributed by atoms with E-state index in [1.54, 1.807) is 6.92 Å². The number of amides is 1. The normalized spacial score (nSPS) is 12.1. The summed E-state index contributed by atoms with van der Waals surface area (Å²) in [5.74, 6) is -1.14. The van der Waals surface area contributed by atoms with Crippen LogP contribution >= 0.6 is 0 Å². The van der Waals surface area contributed by atoms with Crippen molar-refractivity contribution in [1.29, 1.82) is 0 Å². The van der Waals surface area contributed by atoms with E-state index >= 15 is 0 Å². The van der Waals surface area contributed by atoms with Crippen molar-refractivity contribution in [3.05, 3.63) is 17.5 Å². The molecule has 2 N–H and O–H groups in total. The van der Waals surface area contributed by atoms with Crippen molar-refractivity contribution in [2.45, 2.75) is 32.7 Å². The number of carboxylic acid groups (broad SMARTS) is 1. The molecule has 0 aliphatic carbocycles. The first-order valence-corrected chi connectivity index (χ1v) is 5.01. The molecule has 0 spiro atoms. The number of hydrogen-bond donors (Lipinski definition) is 2. The van der Waals surface area contributed by atoms with E-state index in [0.29, 0.717) is 18.6 Å². The van der Waals surface area contributed by atoms with Gasteiger partial charge >= 0.3 is 5.97 Å². The Labute approximate surface area is 92.6 Å². The summed E-state index contributed by atoms with van der Waals surface area (Å²) in [7, 11) is 0. The molecule has 0 aliphatic heterocycles. The van der Waals surface area contributed by atoms with Crippen LogP contribution in [0.15, 0.2) is 10.7 Å². The second kappa shape index (κ2) is 5.29. The molecule has 0 fully saturated rings. The van der Waals surface area contributed by atoms with Crippen LogP contribution in [0.2, 0.25) is 0 Å². The first-order valence-electron chi connectivity index (χ1n) is 5.01. The summed E-state index contributed by atoms with van der Waals surface area (Å²) in [6, 6.07) is -0.869.